The summed E-state index contributed by atoms with van der Waals surface area (Å²) in [6.45, 7) is 7.44. The highest BCUT2D eigenvalue weighted by atomic mass is 16.5. The minimum atomic E-state index is -0.671. The Balaban J connectivity index is 2.71. The van der Waals surface area contributed by atoms with Gasteiger partial charge in [-0.15, -0.1) is 0 Å². The van der Waals surface area contributed by atoms with Crippen molar-refractivity contribution in [2.24, 2.45) is 5.92 Å². The molecular weight excluding hydrogens is 260 g/mol. The predicted molar refractivity (Wildman–Crippen MR) is 75.6 cm³/mol. The predicted octanol–water partition coefficient (Wildman–Crippen LogP) is 1.89. The quantitative estimate of drug-likeness (QED) is 0.534. The van der Waals surface area contributed by atoms with E-state index < -0.39 is 23.6 Å². The van der Waals surface area contributed by atoms with Gasteiger partial charge in [-0.2, -0.15) is 4.90 Å². The van der Waals surface area contributed by atoms with Crippen molar-refractivity contribution in [3.63, 3.8) is 0 Å². The molecule has 1 rings (SSSR count). The fraction of sp³-hybridized carbons (Fsp3) is 0.769. The molecule has 0 radical (unpaired) electrons. The lowest BCUT2D eigenvalue weighted by Gasteiger charge is -2.26. The van der Waals surface area contributed by atoms with E-state index in [1.54, 1.807) is 20.8 Å². The largest absolute Gasteiger partial charge is 0.468 e. The van der Waals surface area contributed by atoms with Crippen LogP contribution in [-0.4, -0.2) is 41.7 Å². The van der Waals surface area contributed by atoms with Gasteiger partial charge in [-0.1, -0.05) is 13.3 Å². The molecule has 0 saturated heterocycles. The number of amides is 4. The minimum absolute atomic E-state index is 0.0853. The lowest BCUT2D eigenvalue weighted by atomic mass is 10.1. The second-order valence-electron chi connectivity index (χ2n) is 5.98. The van der Waals surface area contributed by atoms with Gasteiger partial charge in [0.25, 0.3) is 0 Å². The first kappa shape index (κ1) is 16.3. The fourth-order valence-electron chi connectivity index (χ4n) is 1.84. The van der Waals surface area contributed by atoms with Crippen LogP contribution in [0.25, 0.3) is 0 Å². The number of hydrogen-bond acceptors (Lipinski definition) is 4. The van der Waals surface area contributed by atoms with E-state index in [1.807, 2.05) is 0 Å². The summed E-state index contributed by atoms with van der Waals surface area (Å²) in [5.74, 6) is 0.461. The summed E-state index contributed by atoms with van der Waals surface area (Å²) < 4.78 is 4.71. The van der Waals surface area contributed by atoms with Gasteiger partial charge < -0.3 is 15.4 Å². The van der Waals surface area contributed by atoms with Crippen LogP contribution in [0, 0.1) is 11.3 Å². The monoisotopic (exact) mass is 284 g/mol. The maximum atomic E-state index is 12.1. The van der Waals surface area contributed by atoms with Gasteiger partial charge in [0.05, 0.1) is 7.11 Å². The molecule has 0 bridgehead atoms. The van der Waals surface area contributed by atoms with E-state index in [4.69, 9.17) is 10.1 Å². The SMILES string of the molecule is CCC1CC1NC(=O)N(C(=N)OC)C(=O)NC(C)(C)C. The van der Waals surface area contributed by atoms with Gasteiger partial charge in [-0.25, -0.2) is 9.59 Å². The number of imide groups is 1. The van der Waals surface area contributed by atoms with Crippen LogP contribution in [-0.2, 0) is 4.74 Å². The van der Waals surface area contributed by atoms with Crippen LogP contribution in [0.1, 0.15) is 40.5 Å². The first-order chi connectivity index (χ1) is 9.19. The van der Waals surface area contributed by atoms with Crippen molar-refractivity contribution in [3.05, 3.63) is 0 Å². The number of nitrogens with one attached hydrogen (secondary N) is 3. The number of urea groups is 2. The van der Waals surface area contributed by atoms with Gasteiger partial charge in [0, 0.05) is 11.6 Å². The van der Waals surface area contributed by atoms with Crippen molar-refractivity contribution in [1.82, 2.24) is 15.5 Å². The molecule has 1 saturated carbocycles. The number of rotatable bonds is 2. The summed E-state index contributed by atoms with van der Waals surface area (Å²) in [6, 6.07) is -1.71. The molecule has 2 atom stereocenters. The van der Waals surface area contributed by atoms with Crippen LogP contribution in [0.2, 0.25) is 0 Å². The van der Waals surface area contributed by atoms with Crippen LogP contribution < -0.4 is 10.6 Å². The van der Waals surface area contributed by atoms with Gasteiger partial charge in [0.2, 0.25) is 0 Å². The third kappa shape index (κ3) is 4.40. The van der Waals surface area contributed by atoms with Crippen molar-refractivity contribution < 1.29 is 14.3 Å². The van der Waals surface area contributed by atoms with Crippen LogP contribution in [0.5, 0.6) is 0 Å². The molecule has 1 fully saturated rings. The van der Waals surface area contributed by atoms with E-state index in [1.165, 1.54) is 7.11 Å². The van der Waals surface area contributed by atoms with Crippen LogP contribution in [0.4, 0.5) is 9.59 Å². The molecule has 0 heterocycles. The number of methoxy groups -OCH3 is 1. The molecular formula is C13H24N4O3. The standard InChI is InChI=1S/C13H24N4O3/c1-6-8-7-9(8)15-11(18)17(10(14)20-5)12(19)16-13(2,3)4/h8-9,14H,6-7H2,1-5H3,(H,15,18)(H,16,19). The molecule has 20 heavy (non-hydrogen) atoms. The third-order valence-corrected chi connectivity index (χ3v) is 3.04. The highest BCUT2D eigenvalue weighted by Gasteiger charge is 2.39. The number of carbonyl (C=O) groups excluding carboxylic acids is 2. The Labute approximate surface area is 119 Å². The van der Waals surface area contributed by atoms with Gasteiger partial charge in [0.1, 0.15) is 0 Å². The lowest BCUT2D eigenvalue weighted by molar-refractivity contribution is 0.188. The first-order valence-electron chi connectivity index (χ1n) is 6.75. The molecule has 0 aromatic carbocycles. The molecule has 0 spiro atoms. The summed E-state index contributed by atoms with van der Waals surface area (Å²) in [5, 5.41) is 13.0. The topological polar surface area (TPSA) is 94.5 Å². The molecule has 3 N–H and O–H groups in total. The summed E-state index contributed by atoms with van der Waals surface area (Å²) in [6.07, 6.45) is 1.90. The molecule has 2 unspecified atom stereocenters. The molecule has 0 aliphatic heterocycles. The number of nitrogens with zero attached hydrogens (tertiary/aromatic N) is 1. The molecule has 1 aliphatic rings. The van der Waals surface area contributed by atoms with Crippen molar-refractivity contribution in [2.45, 2.75) is 52.1 Å². The summed E-state index contributed by atoms with van der Waals surface area (Å²) in [7, 11) is 1.25. The molecule has 4 amide bonds. The van der Waals surface area contributed by atoms with Gasteiger partial charge >= 0.3 is 18.1 Å². The van der Waals surface area contributed by atoms with E-state index >= 15 is 0 Å². The Morgan fingerprint density at radius 2 is 1.95 bits per heavy atom. The Bertz CT molecular complexity index is 403. The lowest BCUT2D eigenvalue weighted by Crippen LogP contribution is -2.56. The average molecular weight is 284 g/mol. The Kier molecular flexibility index (Phi) is 4.97. The Morgan fingerprint density at radius 3 is 2.35 bits per heavy atom. The Hall–Kier alpha value is -1.79. The molecule has 114 valence electrons. The average Bonchev–Trinajstić information content (AvgIpc) is 3.04. The maximum absolute atomic E-state index is 12.1. The molecule has 1 aliphatic carbocycles. The third-order valence-electron chi connectivity index (χ3n) is 3.04. The van der Waals surface area contributed by atoms with Crippen molar-refractivity contribution in [1.29, 1.82) is 5.41 Å². The number of ether oxygens (including phenoxy) is 1. The van der Waals surface area contributed by atoms with E-state index in [0.717, 1.165) is 12.8 Å². The second-order valence-corrected chi connectivity index (χ2v) is 5.98. The normalized spacial score (nSPS) is 20.9. The van der Waals surface area contributed by atoms with Gasteiger partial charge in [0.15, 0.2) is 0 Å². The van der Waals surface area contributed by atoms with Crippen molar-refractivity contribution in [3.8, 4) is 0 Å². The molecule has 7 heteroatoms. The van der Waals surface area contributed by atoms with Crippen LogP contribution in [0.3, 0.4) is 0 Å². The van der Waals surface area contributed by atoms with Gasteiger partial charge in [-0.3, -0.25) is 5.41 Å². The zero-order chi connectivity index (χ0) is 15.5. The minimum Gasteiger partial charge on any atom is -0.468 e. The summed E-state index contributed by atoms with van der Waals surface area (Å²) in [4.78, 5) is 24.9. The van der Waals surface area contributed by atoms with Crippen molar-refractivity contribution >= 4 is 18.1 Å². The van der Waals surface area contributed by atoms with Crippen molar-refractivity contribution in [2.75, 3.05) is 7.11 Å². The van der Waals surface area contributed by atoms with E-state index in [-0.39, 0.29) is 6.04 Å². The zero-order valence-corrected chi connectivity index (χ0v) is 12.7. The highest BCUT2D eigenvalue weighted by molar-refractivity contribution is 6.08. The number of carbonyl (C=O) groups is 2. The van der Waals surface area contributed by atoms with Crippen LogP contribution >= 0.6 is 0 Å². The summed E-state index contributed by atoms with van der Waals surface area (Å²) in [5.41, 5.74) is -0.505. The molecule has 0 aromatic rings. The fourth-order valence-corrected chi connectivity index (χ4v) is 1.84. The number of hydrogen-bond donors (Lipinski definition) is 3. The molecule has 0 aromatic heterocycles. The smallest absolute Gasteiger partial charge is 0.334 e. The maximum Gasteiger partial charge on any atom is 0.334 e. The first-order valence-corrected chi connectivity index (χ1v) is 6.75. The summed E-state index contributed by atoms with van der Waals surface area (Å²) >= 11 is 0. The zero-order valence-electron chi connectivity index (χ0n) is 12.7. The van der Waals surface area contributed by atoms with Crippen LogP contribution in [0.15, 0.2) is 0 Å². The van der Waals surface area contributed by atoms with E-state index in [2.05, 4.69) is 17.6 Å². The molecule has 7 nitrogen and oxygen atoms in total. The highest BCUT2D eigenvalue weighted by Crippen LogP contribution is 2.33. The van der Waals surface area contributed by atoms with E-state index in [0.29, 0.717) is 10.8 Å². The van der Waals surface area contributed by atoms with Gasteiger partial charge in [-0.05, 0) is 33.1 Å². The second kappa shape index (κ2) is 6.11. The Morgan fingerprint density at radius 1 is 1.35 bits per heavy atom. The number of amidine groups is 1. The van der Waals surface area contributed by atoms with E-state index in [9.17, 15) is 9.59 Å².